The van der Waals surface area contributed by atoms with Crippen molar-refractivity contribution >= 4 is 11.8 Å². The highest BCUT2D eigenvalue weighted by Crippen LogP contribution is 2.31. The second-order valence-corrected chi connectivity index (χ2v) is 4.87. The van der Waals surface area contributed by atoms with E-state index in [2.05, 4.69) is 40.5 Å². The predicted octanol–water partition coefficient (Wildman–Crippen LogP) is 1.60. The molecule has 0 fully saturated rings. The molecule has 0 saturated carbocycles. The number of methoxy groups -OCH3 is 1. The van der Waals surface area contributed by atoms with E-state index in [1.54, 1.807) is 0 Å². The van der Waals surface area contributed by atoms with Crippen LogP contribution in [-0.2, 0) is 17.6 Å². The molecule has 0 unspecified atom stereocenters. The van der Waals surface area contributed by atoms with Gasteiger partial charge >= 0.3 is 12.1 Å². The Balaban J connectivity index is 1.82. The summed E-state index contributed by atoms with van der Waals surface area (Å²) in [5, 5.41) is 20.5. The number of alkyl halides is 3. The van der Waals surface area contributed by atoms with Crippen LogP contribution in [-0.4, -0.2) is 43.6 Å². The van der Waals surface area contributed by atoms with Gasteiger partial charge in [-0.15, -0.1) is 5.10 Å². The molecule has 10 nitrogen and oxygen atoms in total. The van der Waals surface area contributed by atoms with Crippen molar-refractivity contribution in [1.29, 1.82) is 0 Å². The molecule has 0 aliphatic heterocycles. The fourth-order valence-electron chi connectivity index (χ4n) is 2.04. The Morgan fingerprint density at radius 2 is 2.15 bits per heavy atom. The van der Waals surface area contributed by atoms with Gasteiger partial charge in [0.15, 0.2) is 5.82 Å². The minimum Gasteiger partial charge on any atom is -0.464 e. The average Bonchev–Trinajstić information content (AvgIpc) is 3.27. The van der Waals surface area contributed by atoms with Gasteiger partial charge < -0.3 is 10.1 Å². The van der Waals surface area contributed by atoms with Crippen molar-refractivity contribution in [2.24, 2.45) is 0 Å². The molecule has 0 radical (unpaired) electrons. The number of carbonyl (C=O) groups excluding carboxylic acids is 1. The average molecular weight is 369 g/mol. The molecule has 0 atom stereocenters. The molecular weight excluding hydrogens is 359 g/mol. The number of nitrogens with one attached hydrogen (secondary N) is 1. The number of halogens is 3. The lowest BCUT2D eigenvalue weighted by atomic mass is 10.1. The molecule has 26 heavy (non-hydrogen) atoms. The van der Waals surface area contributed by atoms with Crippen molar-refractivity contribution in [1.82, 2.24) is 30.5 Å². The Kier molecular flexibility index (Phi) is 4.51. The van der Waals surface area contributed by atoms with Crippen molar-refractivity contribution in [3.05, 3.63) is 35.5 Å². The molecule has 2 heterocycles. The maximum Gasteiger partial charge on any atom is 0.416 e. The minimum atomic E-state index is -4.49. The van der Waals surface area contributed by atoms with E-state index in [1.165, 1.54) is 16.8 Å². The number of tetrazole rings is 1. The topological polar surface area (TPSA) is 121 Å². The maximum atomic E-state index is 12.9. The number of nitrogens with zero attached hydrogens (tertiary/aromatic N) is 6. The molecule has 0 spiro atoms. The quantitative estimate of drug-likeness (QED) is 0.668. The molecule has 13 heteroatoms. The molecule has 136 valence electrons. The van der Waals surface area contributed by atoms with Gasteiger partial charge in [0.25, 0.3) is 0 Å². The Bertz CT molecular complexity index is 922. The van der Waals surface area contributed by atoms with Crippen LogP contribution in [0.25, 0.3) is 11.4 Å². The van der Waals surface area contributed by atoms with E-state index in [4.69, 9.17) is 0 Å². The lowest BCUT2D eigenvalue weighted by molar-refractivity contribution is -0.137. The summed E-state index contributed by atoms with van der Waals surface area (Å²) in [5.41, 5.74) is -0.856. The molecule has 3 rings (SSSR count). The molecule has 0 aliphatic rings. The first-order valence-corrected chi connectivity index (χ1v) is 6.98. The van der Waals surface area contributed by atoms with Crippen LogP contribution in [0.2, 0.25) is 0 Å². The molecular formula is C13H10F3N7O3. The number of aromatic nitrogens is 6. The van der Waals surface area contributed by atoms with Gasteiger partial charge in [-0.1, -0.05) is 12.1 Å². The third kappa shape index (κ3) is 3.45. The summed E-state index contributed by atoms with van der Waals surface area (Å²) in [7, 11) is 1.16. The van der Waals surface area contributed by atoms with Crippen molar-refractivity contribution in [3.8, 4) is 11.4 Å². The Labute approximate surface area is 142 Å². The Morgan fingerprint density at radius 1 is 1.35 bits per heavy atom. The number of anilines is 1. The number of esters is 1. The molecule has 1 aromatic carbocycles. The second-order valence-electron chi connectivity index (χ2n) is 4.87. The first-order valence-electron chi connectivity index (χ1n) is 6.98. The summed E-state index contributed by atoms with van der Waals surface area (Å²) in [6.45, 7) is -0.114. The van der Waals surface area contributed by atoms with Crippen LogP contribution < -0.4 is 5.32 Å². The van der Waals surface area contributed by atoms with Crippen LogP contribution >= 0.6 is 0 Å². The van der Waals surface area contributed by atoms with Gasteiger partial charge in [-0.2, -0.15) is 13.2 Å². The van der Waals surface area contributed by atoms with Crippen LogP contribution in [0.1, 0.15) is 16.1 Å². The molecule has 3 aromatic rings. The summed E-state index contributed by atoms with van der Waals surface area (Å²) in [6, 6.07) is 4.57. The summed E-state index contributed by atoms with van der Waals surface area (Å²) >= 11 is 0. The number of hydrogen-bond donors (Lipinski definition) is 1. The monoisotopic (exact) mass is 369 g/mol. The number of benzene rings is 1. The summed E-state index contributed by atoms with van der Waals surface area (Å²) < 4.78 is 48.7. The van der Waals surface area contributed by atoms with Crippen molar-refractivity contribution < 1.29 is 27.3 Å². The molecule has 0 bridgehead atoms. The zero-order chi connectivity index (χ0) is 18.7. The van der Waals surface area contributed by atoms with Gasteiger partial charge in [-0.25, -0.2) is 14.1 Å². The van der Waals surface area contributed by atoms with Crippen molar-refractivity contribution in [2.45, 2.75) is 12.8 Å². The minimum absolute atomic E-state index is 0.0256. The Morgan fingerprint density at radius 3 is 2.88 bits per heavy atom. The second kappa shape index (κ2) is 6.78. The van der Waals surface area contributed by atoms with E-state index < -0.39 is 17.7 Å². The lowest BCUT2D eigenvalue weighted by Gasteiger charge is -2.09. The molecule has 1 N–H and O–H groups in total. The highest BCUT2D eigenvalue weighted by atomic mass is 19.4. The van der Waals surface area contributed by atoms with Crippen LogP contribution in [0.4, 0.5) is 19.0 Å². The molecule has 0 amide bonds. The fraction of sp³-hybridized carbons (Fsp3) is 0.231. The van der Waals surface area contributed by atoms with Gasteiger partial charge in [0.1, 0.15) is 6.67 Å². The van der Waals surface area contributed by atoms with Gasteiger partial charge in [-0.05, 0) is 32.9 Å². The van der Waals surface area contributed by atoms with E-state index in [0.29, 0.717) is 0 Å². The van der Waals surface area contributed by atoms with E-state index in [0.717, 1.165) is 19.2 Å². The third-order valence-electron chi connectivity index (χ3n) is 3.24. The predicted molar refractivity (Wildman–Crippen MR) is 77.5 cm³/mol. The highest BCUT2D eigenvalue weighted by molar-refractivity contribution is 5.91. The standard InChI is InChI=1S/C13H10F3N7O3/c1-25-12(24)9-10(20-26-19-9)17-6-23-11(18-21-22-23)7-3-2-4-8(5-7)13(14,15)16/h2-5H,6H2,1H3,(H,17,20). The number of rotatable bonds is 5. The Hall–Kier alpha value is -3.51. The zero-order valence-electron chi connectivity index (χ0n) is 13.1. The summed E-state index contributed by atoms with van der Waals surface area (Å²) in [6.07, 6.45) is -4.49. The number of ether oxygens (including phenoxy) is 1. The van der Waals surface area contributed by atoms with E-state index >= 15 is 0 Å². The first-order chi connectivity index (χ1) is 12.4. The van der Waals surface area contributed by atoms with Crippen LogP contribution in [0.5, 0.6) is 0 Å². The van der Waals surface area contributed by atoms with Crippen molar-refractivity contribution in [3.63, 3.8) is 0 Å². The summed E-state index contributed by atoms with van der Waals surface area (Å²) in [5.74, 6) is -0.717. The SMILES string of the molecule is COC(=O)c1nonc1NCn1nnnc1-c1cccc(C(F)(F)F)c1. The molecule has 0 aliphatic carbocycles. The summed E-state index contributed by atoms with van der Waals surface area (Å²) in [4.78, 5) is 11.5. The normalized spacial score (nSPS) is 11.4. The van der Waals surface area contributed by atoms with Gasteiger partial charge in [0.05, 0.1) is 12.7 Å². The number of carbonyl (C=O) groups is 1. The van der Waals surface area contributed by atoms with Crippen LogP contribution in [0.3, 0.4) is 0 Å². The van der Waals surface area contributed by atoms with Crippen molar-refractivity contribution in [2.75, 3.05) is 12.4 Å². The lowest BCUT2D eigenvalue weighted by Crippen LogP contribution is -2.14. The van der Waals surface area contributed by atoms with Crippen LogP contribution in [0, 0.1) is 0 Å². The highest BCUT2D eigenvalue weighted by Gasteiger charge is 2.31. The van der Waals surface area contributed by atoms with Crippen LogP contribution in [0.15, 0.2) is 28.9 Å². The smallest absolute Gasteiger partial charge is 0.416 e. The van der Waals surface area contributed by atoms with Gasteiger partial charge in [0, 0.05) is 5.56 Å². The van der Waals surface area contributed by atoms with E-state index in [9.17, 15) is 18.0 Å². The first kappa shape index (κ1) is 17.3. The molecule has 2 aromatic heterocycles. The van der Waals surface area contributed by atoms with E-state index in [1.807, 2.05) is 0 Å². The largest absolute Gasteiger partial charge is 0.464 e. The van der Waals surface area contributed by atoms with Gasteiger partial charge in [0.2, 0.25) is 11.5 Å². The molecule has 0 saturated heterocycles. The number of hydrogen-bond acceptors (Lipinski definition) is 9. The third-order valence-corrected chi connectivity index (χ3v) is 3.24. The maximum absolute atomic E-state index is 12.9. The zero-order valence-corrected chi connectivity index (χ0v) is 13.1. The fourth-order valence-corrected chi connectivity index (χ4v) is 2.04. The van der Waals surface area contributed by atoms with E-state index in [-0.39, 0.29) is 29.6 Å². The van der Waals surface area contributed by atoms with Gasteiger partial charge in [-0.3, -0.25) is 0 Å².